The summed E-state index contributed by atoms with van der Waals surface area (Å²) < 4.78 is 15.4. The molecule has 10 heteroatoms. The number of nitrogens with zero attached hydrogens (tertiary/aromatic N) is 7. The van der Waals surface area contributed by atoms with Crippen molar-refractivity contribution in [1.82, 2.24) is 34.5 Å². The molecule has 0 radical (unpaired) electrons. The van der Waals surface area contributed by atoms with E-state index in [1.54, 1.807) is 0 Å². The highest BCUT2D eigenvalue weighted by Crippen LogP contribution is 2.42. The molecule has 0 atom stereocenters. The van der Waals surface area contributed by atoms with Crippen LogP contribution < -0.4 is 0 Å². The van der Waals surface area contributed by atoms with E-state index in [1.165, 1.54) is 54.9 Å². The molecular formula is C91H58BrN7O2. The van der Waals surface area contributed by atoms with E-state index >= 15 is 0 Å². The third-order valence-corrected chi connectivity index (χ3v) is 19.2. The number of hydrogen-bond donors (Lipinski definition) is 0. The zero-order valence-corrected chi connectivity index (χ0v) is 55.9. The fraction of sp³-hybridized carbons (Fsp3) is 0.0110. The molecule has 1 aliphatic carbocycles. The molecule has 14 aromatic carbocycles. The van der Waals surface area contributed by atoms with Crippen LogP contribution in [0.2, 0.25) is 0 Å². The van der Waals surface area contributed by atoms with Crippen LogP contribution in [-0.4, -0.2) is 34.5 Å². The van der Waals surface area contributed by atoms with E-state index in [-0.39, 0.29) is 0 Å². The maximum Gasteiger partial charge on any atom is 0.164 e. The van der Waals surface area contributed by atoms with Gasteiger partial charge in [0, 0.05) is 75.9 Å². The zero-order valence-electron chi connectivity index (χ0n) is 54.4. The SMILES string of the molecule is Brc1cccc(-c2nc(-c3ccccc3)nc(-c3ccccc3)n2)c1.c1ccc(-c2nc(-c3ccccc3)nc(-c3cccc(-n4c5ccccc5c5ccc(-c6ccc7oc8ccccc8c7c6)cc54)c3)n2)cc1.c1ccc2c(c1)Cc1cc(-c3ccc4oc5ccccc5c4c3)ccc1-2. The lowest BCUT2D eigenvalue weighted by atomic mass is 9.98. The van der Waals surface area contributed by atoms with Crippen LogP contribution >= 0.6 is 15.9 Å². The van der Waals surface area contributed by atoms with E-state index in [2.05, 4.69) is 195 Å². The number of aromatic nitrogens is 7. The maximum atomic E-state index is 6.12. The lowest BCUT2D eigenvalue weighted by Gasteiger charge is -2.12. The molecule has 0 spiro atoms. The molecule has 9 nitrogen and oxygen atoms in total. The number of rotatable bonds is 9. The fourth-order valence-electron chi connectivity index (χ4n) is 13.9. The first-order chi connectivity index (χ1) is 49.9. The van der Waals surface area contributed by atoms with Gasteiger partial charge in [0.2, 0.25) is 0 Å². The monoisotopic (exact) mass is 1360 g/mol. The minimum absolute atomic E-state index is 0.627. The van der Waals surface area contributed by atoms with Gasteiger partial charge in [0.25, 0.3) is 0 Å². The summed E-state index contributed by atoms with van der Waals surface area (Å²) >= 11 is 3.52. The molecule has 0 aliphatic heterocycles. The van der Waals surface area contributed by atoms with E-state index in [0.717, 1.165) is 105 Å². The second-order valence-electron chi connectivity index (χ2n) is 25.0. The van der Waals surface area contributed by atoms with Gasteiger partial charge in [-0.1, -0.05) is 283 Å². The van der Waals surface area contributed by atoms with Gasteiger partial charge in [-0.05, 0) is 124 Å². The van der Waals surface area contributed by atoms with Gasteiger partial charge in [-0.15, -0.1) is 0 Å². The third-order valence-electron chi connectivity index (χ3n) is 18.7. The lowest BCUT2D eigenvalue weighted by Crippen LogP contribution is -2.01. The Kier molecular flexibility index (Phi) is 15.6. The van der Waals surface area contributed by atoms with Gasteiger partial charge in [-0.3, -0.25) is 0 Å². The highest BCUT2D eigenvalue weighted by atomic mass is 79.9. The summed E-state index contributed by atoms with van der Waals surface area (Å²) in [7, 11) is 0. The lowest BCUT2D eigenvalue weighted by molar-refractivity contribution is 0.668. The Morgan fingerprint density at radius 3 is 1.17 bits per heavy atom. The Bertz CT molecular complexity index is 6210. The summed E-state index contributed by atoms with van der Waals surface area (Å²) in [5.41, 5.74) is 23.1. The van der Waals surface area contributed by atoms with Crippen molar-refractivity contribution in [3.8, 4) is 107 Å². The van der Waals surface area contributed by atoms with E-state index in [1.807, 2.05) is 170 Å². The molecule has 0 bridgehead atoms. The first kappa shape index (κ1) is 60.4. The number of hydrogen-bond acceptors (Lipinski definition) is 8. The quantitative estimate of drug-likeness (QED) is 0.141. The molecule has 20 rings (SSSR count). The molecule has 19 aromatic rings. The van der Waals surface area contributed by atoms with Crippen LogP contribution in [0.15, 0.2) is 353 Å². The zero-order chi connectivity index (χ0) is 67.2. The minimum Gasteiger partial charge on any atom is -0.456 e. The summed E-state index contributed by atoms with van der Waals surface area (Å²) in [5, 5.41) is 7.00. The Morgan fingerprint density at radius 2 is 0.624 bits per heavy atom. The minimum atomic E-state index is 0.627. The molecule has 5 aromatic heterocycles. The summed E-state index contributed by atoms with van der Waals surface area (Å²) in [4.78, 5) is 29.0. The maximum absolute atomic E-state index is 6.12. The molecule has 5 heterocycles. The molecule has 0 amide bonds. The standard InChI is InChI=1S/C45H28N4O.C25H16O.C21H14BrN3/c1-3-12-29(13-4-1)43-46-44(30-14-5-2-6-15-30)48-45(47-43)33-16-11-17-34(26-33)49-39-20-9-7-18-35(39)36-24-22-32(28-40(36)49)31-23-25-42-38(27-31)37-19-8-10-21-41(37)50-42;1-2-6-20-18(5-1)14-19-13-16(9-11-21(19)20)17-10-12-25-23(15-17)22-7-3-4-8-24(22)26-25;22-18-13-7-12-17(14-18)21-24-19(15-8-3-1-4-9-15)23-20(25-21)16-10-5-2-6-11-16/h1-28H;1-13,15H,14H2;1-14H. The van der Waals surface area contributed by atoms with Crippen LogP contribution in [0.1, 0.15) is 11.1 Å². The Hall–Kier alpha value is -13.0. The number of benzene rings is 14. The average molecular weight is 1360 g/mol. The van der Waals surface area contributed by atoms with Gasteiger partial charge in [-0.2, -0.15) is 0 Å². The van der Waals surface area contributed by atoms with E-state index in [4.69, 9.17) is 33.8 Å². The van der Waals surface area contributed by atoms with Crippen LogP contribution in [-0.2, 0) is 6.42 Å². The molecule has 0 fully saturated rings. The summed E-state index contributed by atoms with van der Waals surface area (Å²) in [6.07, 6.45) is 1.02. The van der Waals surface area contributed by atoms with Crippen molar-refractivity contribution in [3.05, 3.63) is 355 Å². The molecule has 0 unspecified atom stereocenters. The number of halogens is 1. The van der Waals surface area contributed by atoms with Crippen LogP contribution in [0, 0.1) is 0 Å². The van der Waals surface area contributed by atoms with Crippen LogP contribution in [0.3, 0.4) is 0 Å². The Labute approximate surface area is 590 Å². The van der Waals surface area contributed by atoms with Gasteiger partial charge in [0.15, 0.2) is 34.9 Å². The number of para-hydroxylation sites is 3. The van der Waals surface area contributed by atoms with E-state index < -0.39 is 0 Å². The molecule has 0 N–H and O–H groups in total. The van der Waals surface area contributed by atoms with Crippen molar-refractivity contribution in [2.24, 2.45) is 0 Å². The van der Waals surface area contributed by atoms with Gasteiger partial charge in [0.1, 0.15) is 22.3 Å². The highest BCUT2D eigenvalue weighted by Gasteiger charge is 2.21. The molecular weight excluding hydrogens is 1300 g/mol. The van der Waals surface area contributed by atoms with Crippen molar-refractivity contribution < 1.29 is 8.83 Å². The third kappa shape index (κ3) is 11.8. The second kappa shape index (κ2) is 26.1. The van der Waals surface area contributed by atoms with Crippen LogP contribution in [0.4, 0.5) is 0 Å². The van der Waals surface area contributed by atoms with Crippen molar-refractivity contribution in [2.45, 2.75) is 6.42 Å². The molecule has 101 heavy (non-hydrogen) atoms. The van der Waals surface area contributed by atoms with E-state index in [0.29, 0.717) is 34.9 Å². The van der Waals surface area contributed by atoms with Gasteiger partial charge in [-0.25, -0.2) is 29.9 Å². The van der Waals surface area contributed by atoms with Crippen molar-refractivity contribution in [1.29, 1.82) is 0 Å². The fourth-order valence-corrected chi connectivity index (χ4v) is 14.3. The second-order valence-corrected chi connectivity index (χ2v) is 26.0. The van der Waals surface area contributed by atoms with Crippen LogP contribution in [0.5, 0.6) is 0 Å². The predicted octanol–water partition coefficient (Wildman–Crippen LogP) is 24.0. The summed E-state index contributed by atoms with van der Waals surface area (Å²) in [5.74, 6) is 3.91. The Morgan fingerprint density at radius 1 is 0.238 bits per heavy atom. The predicted molar refractivity (Wildman–Crippen MR) is 414 cm³/mol. The topological polar surface area (TPSA) is 109 Å². The van der Waals surface area contributed by atoms with Gasteiger partial charge in [0.05, 0.1) is 11.0 Å². The molecule has 1 aliphatic rings. The first-order valence-corrected chi connectivity index (χ1v) is 34.4. The first-order valence-electron chi connectivity index (χ1n) is 33.6. The van der Waals surface area contributed by atoms with Gasteiger partial charge < -0.3 is 13.4 Å². The number of fused-ring (bicyclic) bond motifs is 12. The van der Waals surface area contributed by atoms with Crippen molar-refractivity contribution >= 4 is 81.6 Å². The average Bonchev–Trinajstić information content (AvgIpc) is 1.62. The van der Waals surface area contributed by atoms with Gasteiger partial charge >= 0.3 is 0 Å². The normalized spacial score (nSPS) is 11.6. The van der Waals surface area contributed by atoms with Crippen LogP contribution in [0.25, 0.3) is 173 Å². The van der Waals surface area contributed by atoms with Crippen molar-refractivity contribution in [2.75, 3.05) is 0 Å². The summed E-state index contributed by atoms with van der Waals surface area (Å²) in [6.45, 7) is 0. The molecule has 476 valence electrons. The largest absolute Gasteiger partial charge is 0.456 e. The Balaban J connectivity index is 0.000000120. The van der Waals surface area contributed by atoms with Crippen molar-refractivity contribution in [3.63, 3.8) is 0 Å². The highest BCUT2D eigenvalue weighted by molar-refractivity contribution is 9.10. The summed E-state index contributed by atoms with van der Waals surface area (Å²) in [6, 6.07) is 117. The number of furan rings is 2. The molecule has 0 saturated heterocycles. The van der Waals surface area contributed by atoms with E-state index in [9.17, 15) is 0 Å². The molecule has 0 saturated carbocycles. The smallest absolute Gasteiger partial charge is 0.164 e.